The first kappa shape index (κ1) is 15.3. The van der Waals surface area contributed by atoms with Gasteiger partial charge in [-0.2, -0.15) is 13.2 Å². The topological polar surface area (TPSA) is 29.3 Å². The molecule has 0 fully saturated rings. The van der Waals surface area contributed by atoms with Crippen LogP contribution in [0.3, 0.4) is 0 Å². The van der Waals surface area contributed by atoms with Gasteiger partial charge in [0.2, 0.25) is 0 Å². The highest BCUT2D eigenvalue weighted by Crippen LogP contribution is 2.35. The largest absolute Gasteiger partial charge is 0.416 e. The van der Waals surface area contributed by atoms with Crippen LogP contribution < -0.4 is 10.6 Å². The fraction of sp³-hybridized carbons (Fsp3) is 0.200. The summed E-state index contributed by atoms with van der Waals surface area (Å²) in [6.07, 6.45) is -4.48. The summed E-state index contributed by atoms with van der Waals surface area (Å²) in [5, 5.41) is 0. The van der Waals surface area contributed by atoms with E-state index in [0.29, 0.717) is 11.4 Å². The molecule has 6 heteroatoms. The summed E-state index contributed by atoms with van der Waals surface area (Å²) in [4.78, 5) is 1.48. The fourth-order valence-electron chi connectivity index (χ4n) is 2.05. The van der Waals surface area contributed by atoms with Crippen LogP contribution in [0, 0.1) is 5.82 Å². The molecule has 2 nitrogen and oxygen atoms in total. The lowest BCUT2D eigenvalue weighted by atomic mass is 10.1. The molecule has 0 aliphatic rings. The van der Waals surface area contributed by atoms with Crippen molar-refractivity contribution < 1.29 is 17.6 Å². The van der Waals surface area contributed by atoms with Crippen molar-refractivity contribution in [2.24, 2.45) is 5.73 Å². The Balaban J connectivity index is 2.45. The van der Waals surface area contributed by atoms with Gasteiger partial charge in [0.05, 0.1) is 5.56 Å². The van der Waals surface area contributed by atoms with Gasteiger partial charge >= 0.3 is 6.18 Å². The van der Waals surface area contributed by atoms with Crippen molar-refractivity contribution in [3.05, 3.63) is 59.4 Å². The minimum absolute atomic E-state index is 0.0268. The SMILES string of the molecule is CN(c1cccc(F)c1)c1ccc(CN)c(C(F)(F)F)c1. The number of nitrogens with two attached hydrogens (primary N) is 1. The van der Waals surface area contributed by atoms with E-state index in [-0.39, 0.29) is 12.1 Å². The van der Waals surface area contributed by atoms with Crippen molar-refractivity contribution in [2.75, 3.05) is 11.9 Å². The van der Waals surface area contributed by atoms with Crippen LogP contribution in [0.15, 0.2) is 42.5 Å². The first-order valence-corrected chi connectivity index (χ1v) is 6.22. The number of hydrogen-bond donors (Lipinski definition) is 1. The van der Waals surface area contributed by atoms with Crippen LogP contribution in [-0.2, 0) is 12.7 Å². The number of nitrogens with zero attached hydrogens (tertiary/aromatic N) is 1. The molecule has 0 aromatic heterocycles. The lowest BCUT2D eigenvalue weighted by Crippen LogP contribution is -2.15. The van der Waals surface area contributed by atoms with E-state index in [9.17, 15) is 17.6 Å². The number of halogens is 4. The van der Waals surface area contributed by atoms with Gasteiger partial charge in [0.15, 0.2) is 0 Å². The quantitative estimate of drug-likeness (QED) is 0.865. The molecule has 0 aliphatic carbocycles. The van der Waals surface area contributed by atoms with Crippen molar-refractivity contribution >= 4 is 11.4 Å². The number of benzene rings is 2. The van der Waals surface area contributed by atoms with Gasteiger partial charge in [-0.3, -0.25) is 0 Å². The van der Waals surface area contributed by atoms with Crippen LogP contribution in [0.1, 0.15) is 11.1 Å². The van der Waals surface area contributed by atoms with Crippen LogP contribution in [0.2, 0.25) is 0 Å². The molecule has 0 aliphatic heterocycles. The maximum Gasteiger partial charge on any atom is 0.416 e. The van der Waals surface area contributed by atoms with E-state index in [0.717, 1.165) is 6.07 Å². The average Bonchev–Trinajstić information content (AvgIpc) is 2.45. The Morgan fingerprint density at radius 1 is 1.05 bits per heavy atom. The van der Waals surface area contributed by atoms with E-state index < -0.39 is 17.6 Å². The lowest BCUT2D eigenvalue weighted by molar-refractivity contribution is -0.138. The molecule has 112 valence electrons. The van der Waals surface area contributed by atoms with Crippen molar-refractivity contribution in [1.29, 1.82) is 0 Å². The smallest absolute Gasteiger partial charge is 0.345 e. The van der Waals surface area contributed by atoms with Crippen LogP contribution in [0.25, 0.3) is 0 Å². The maximum absolute atomic E-state index is 13.2. The zero-order valence-electron chi connectivity index (χ0n) is 11.3. The van der Waals surface area contributed by atoms with E-state index in [1.165, 1.54) is 35.2 Å². The van der Waals surface area contributed by atoms with Gasteiger partial charge in [-0.05, 0) is 35.9 Å². The first-order valence-electron chi connectivity index (χ1n) is 6.22. The summed E-state index contributed by atoms with van der Waals surface area (Å²) >= 11 is 0. The second-order valence-electron chi connectivity index (χ2n) is 4.58. The zero-order valence-corrected chi connectivity index (χ0v) is 11.3. The molecule has 0 amide bonds. The number of anilines is 2. The second kappa shape index (κ2) is 5.73. The second-order valence-corrected chi connectivity index (χ2v) is 4.58. The van der Waals surface area contributed by atoms with Crippen LogP contribution in [-0.4, -0.2) is 7.05 Å². The molecule has 0 bridgehead atoms. The third-order valence-corrected chi connectivity index (χ3v) is 3.20. The summed E-state index contributed by atoms with van der Waals surface area (Å²) in [5.74, 6) is -0.450. The van der Waals surface area contributed by atoms with Crippen molar-refractivity contribution in [2.45, 2.75) is 12.7 Å². The van der Waals surface area contributed by atoms with Crippen molar-refractivity contribution in [3.63, 3.8) is 0 Å². The lowest BCUT2D eigenvalue weighted by Gasteiger charge is -2.22. The van der Waals surface area contributed by atoms with E-state index in [2.05, 4.69) is 0 Å². The van der Waals surface area contributed by atoms with E-state index in [4.69, 9.17) is 5.73 Å². The minimum atomic E-state index is -4.48. The maximum atomic E-state index is 13.2. The molecule has 0 heterocycles. The van der Waals surface area contributed by atoms with Gasteiger partial charge in [-0.25, -0.2) is 4.39 Å². The van der Waals surface area contributed by atoms with Gasteiger partial charge in [-0.15, -0.1) is 0 Å². The normalized spacial score (nSPS) is 11.5. The van der Waals surface area contributed by atoms with E-state index >= 15 is 0 Å². The van der Waals surface area contributed by atoms with E-state index in [1.54, 1.807) is 13.1 Å². The monoisotopic (exact) mass is 298 g/mol. The molecular weight excluding hydrogens is 284 g/mol. The standard InChI is InChI=1S/C15H14F4N2/c1-21(12-4-2-3-11(16)7-12)13-6-5-10(9-20)14(8-13)15(17,18)19/h2-8H,9,20H2,1H3. The summed E-state index contributed by atoms with van der Waals surface area (Å²) in [7, 11) is 1.58. The molecule has 0 saturated carbocycles. The minimum Gasteiger partial charge on any atom is -0.345 e. The average molecular weight is 298 g/mol. The van der Waals surface area contributed by atoms with Crippen molar-refractivity contribution in [3.8, 4) is 0 Å². The Morgan fingerprint density at radius 3 is 2.29 bits per heavy atom. The summed E-state index contributed by atoms with van der Waals surface area (Å²) in [5.41, 5.74) is 5.37. The highest BCUT2D eigenvalue weighted by molar-refractivity contribution is 5.64. The van der Waals surface area contributed by atoms with Crippen LogP contribution >= 0.6 is 0 Å². The highest BCUT2D eigenvalue weighted by Gasteiger charge is 2.33. The van der Waals surface area contributed by atoms with E-state index in [1.807, 2.05) is 0 Å². The van der Waals surface area contributed by atoms with Gasteiger partial charge < -0.3 is 10.6 Å². The molecule has 2 rings (SSSR count). The number of alkyl halides is 3. The zero-order chi connectivity index (χ0) is 15.6. The number of rotatable bonds is 3. The molecule has 0 unspecified atom stereocenters. The van der Waals surface area contributed by atoms with Gasteiger partial charge in [0, 0.05) is 25.0 Å². The molecule has 0 saturated heterocycles. The van der Waals surface area contributed by atoms with Gasteiger partial charge in [0.25, 0.3) is 0 Å². The summed E-state index contributed by atoms with van der Waals surface area (Å²) in [6, 6.07) is 9.54. The first-order chi connectivity index (χ1) is 9.82. The van der Waals surface area contributed by atoms with Gasteiger partial charge in [0.1, 0.15) is 5.82 Å². The molecular formula is C15H14F4N2. The predicted octanol–water partition coefficient (Wildman–Crippen LogP) is 4.07. The Labute approximate surface area is 119 Å². The summed E-state index contributed by atoms with van der Waals surface area (Å²) in [6.45, 7) is -0.196. The summed E-state index contributed by atoms with van der Waals surface area (Å²) < 4.78 is 52.2. The molecule has 21 heavy (non-hydrogen) atoms. The molecule has 2 N–H and O–H groups in total. The molecule has 0 radical (unpaired) electrons. The van der Waals surface area contributed by atoms with Gasteiger partial charge in [-0.1, -0.05) is 12.1 Å². The Morgan fingerprint density at radius 2 is 1.71 bits per heavy atom. The Hall–Kier alpha value is -2.08. The number of hydrogen-bond acceptors (Lipinski definition) is 2. The highest BCUT2D eigenvalue weighted by atomic mass is 19.4. The Kier molecular flexibility index (Phi) is 4.18. The van der Waals surface area contributed by atoms with Crippen LogP contribution in [0.4, 0.5) is 28.9 Å². The molecule has 0 spiro atoms. The third-order valence-electron chi connectivity index (χ3n) is 3.20. The van der Waals surface area contributed by atoms with Crippen molar-refractivity contribution in [1.82, 2.24) is 0 Å². The third kappa shape index (κ3) is 3.33. The molecule has 2 aromatic rings. The predicted molar refractivity (Wildman–Crippen MR) is 73.8 cm³/mol. The fourth-order valence-corrected chi connectivity index (χ4v) is 2.05. The molecule has 2 aromatic carbocycles. The molecule has 0 atom stereocenters. The van der Waals surface area contributed by atoms with Crippen LogP contribution in [0.5, 0.6) is 0 Å². The Bertz CT molecular complexity index is 638.